The Morgan fingerprint density at radius 3 is 2.77 bits per heavy atom. The molecule has 0 saturated carbocycles. The highest BCUT2D eigenvalue weighted by Gasteiger charge is 2.33. The summed E-state index contributed by atoms with van der Waals surface area (Å²) in [5, 5.41) is 10.9. The Kier molecular flexibility index (Phi) is 4.60. The number of anilines is 1. The molecule has 1 amide bonds. The molecule has 0 radical (unpaired) electrons. The first-order valence-electron chi connectivity index (χ1n) is 9.34. The van der Waals surface area contributed by atoms with Crippen molar-refractivity contribution in [3.63, 3.8) is 0 Å². The zero-order valence-corrected chi connectivity index (χ0v) is 15.8. The lowest BCUT2D eigenvalue weighted by molar-refractivity contribution is -0.126. The highest BCUT2D eigenvalue weighted by Crippen LogP contribution is 2.23. The summed E-state index contributed by atoms with van der Waals surface area (Å²) in [5.41, 5.74) is 0.864. The Balaban J connectivity index is 1.14. The van der Waals surface area contributed by atoms with Gasteiger partial charge < -0.3 is 14.7 Å². The van der Waals surface area contributed by atoms with Crippen LogP contribution in [-0.2, 0) is 11.3 Å². The molecule has 150 valence electrons. The van der Waals surface area contributed by atoms with Crippen LogP contribution in [0.5, 0.6) is 0 Å². The fourth-order valence-corrected chi connectivity index (χ4v) is 3.13. The Morgan fingerprint density at radius 1 is 1.13 bits per heavy atom. The molecule has 1 aromatic carbocycles. The summed E-state index contributed by atoms with van der Waals surface area (Å²) in [5.74, 6) is 2.04. The topological polar surface area (TPSA) is 128 Å². The van der Waals surface area contributed by atoms with Crippen LogP contribution in [0.2, 0.25) is 0 Å². The van der Waals surface area contributed by atoms with E-state index in [4.69, 9.17) is 4.52 Å². The first-order valence-corrected chi connectivity index (χ1v) is 9.34. The first-order chi connectivity index (χ1) is 14.8. The van der Waals surface area contributed by atoms with Crippen LogP contribution in [0.4, 0.5) is 5.82 Å². The number of carbonyl (C=O) groups is 1. The van der Waals surface area contributed by atoms with E-state index in [0.717, 1.165) is 11.4 Å². The molecule has 0 unspecified atom stereocenters. The van der Waals surface area contributed by atoms with E-state index in [1.165, 1.54) is 12.7 Å². The third kappa shape index (κ3) is 3.60. The van der Waals surface area contributed by atoms with Gasteiger partial charge in [0.15, 0.2) is 5.82 Å². The molecule has 0 spiro atoms. The smallest absolute Gasteiger partial charge is 0.246 e. The number of nitrogens with zero attached hydrogens (tertiary/aromatic N) is 8. The van der Waals surface area contributed by atoms with E-state index in [0.29, 0.717) is 30.6 Å². The van der Waals surface area contributed by atoms with Crippen LogP contribution in [-0.4, -0.2) is 53.9 Å². The number of hydrogen-bond acceptors (Lipinski definition) is 9. The standard InChI is InChI=1S/C19H17N9O2/c29-19(21-7-17-25-18(26-30-17)13-4-2-1-3-5-13)14-8-27(9-14)15-6-16(23-11-22-15)28-12-20-10-24-28/h1-6,10-12,14H,7-9H2,(H,21,29). The van der Waals surface area contributed by atoms with E-state index in [-0.39, 0.29) is 18.4 Å². The highest BCUT2D eigenvalue weighted by atomic mass is 16.5. The minimum absolute atomic E-state index is 0.0590. The monoisotopic (exact) mass is 403 g/mol. The molecule has 1 N–H and O–H groups in total. The third-order valence-corrected chi connectivity index (χ3v) is 4.78. The SMILES string of the molecule is O=C(NCc1nc(-c2ccccc2)no1)C1CN(c2cc(-n3cncn3)ncn2)C1. The molecule has 1 aliphatic heterocycles. The minimum atomic E-state index is -0.133. The van der Waals surface area contributed by atoms with Crippen LogP contribution in [0.3, 0.4) is 0 Å². The summed E-state index contributed by atoms with van der Waals surface area (Å²) < 4.78 is 6.78. The van der Waals surface area contributed by atoms with Crippen LogP contribution in [0.25, 0.3) is 17.2 Å². The number of benzene rings is 1. The van der Waals surface area contributed by atoms with Crippen molar-refractivity contribution >= 4 is 11.7 Å². The van der Waals surface area contributed by atoms with E-state index < -0.39 is 0 Å². The largest absolute Gasteiger partial charge is 0.355 e. The third-order valence-electron chi connectivity index (χ3n) is 4.78. The van der Waals surface area contributed by atoms with Crippen molar-refractivity contribution in [2.75, 3.05) is 18.0 Å². The van der Waals surface area contributed by atoms with Crippen molar-refractivity contribution in [2.45, 2.75) is 6.54 Å². The molecular formula is C19H17N9O2. The highest BCUT2D eigenvalue weighted by molar-refractivity contribution is 5.81. The van der Waals surface area contributed by atoms with Crippen LogP contribution in [0.1, 0.15) is 5.89 Å². The summed E-state index contributed by atoms with van der Waals surface area (Å²) in [4.78, 5) is 31.1. The van der Waals surface area contributed by atoms with Gasteiger partial charge in [0.1, 0.15) is 24.8 Å². The number of nitrogens with one attached hydrogen (secondary N) is 1. The summed E-state index contributed by atoms with van der Waals surface area (Å²) >= 11 is 0. The van der Waals surface area contributed by atoms with E-state index in [1.54, 1.807) is 11.0 Å². The second-order valence-corrected chi connectivity index (χ2v) is 6.77. The van der Waals surface area contributed by atoms with Crippen molar-refractivity contribution in [2.24, 2.45) is 5.92 Å². The number of aromatic nitrogens is 7. The average molecular weight is 403 g/mol. The molecule has 0 atom stereocenters. The summed E-state index contributed by atoms with van der Waals surface area (Å²) in [6.45, 7) is 1.33. The number of amides is 1. The fraction of sp³-hybridized carbons (Fsp3) is 0.211. The summed E-state index contributed by atoms with van der Waals surface area (Å²) in [6.07, 6.45) is 4.48. The maximum Gasteiger partial charge on any atom is 0.246 e. The predicted octanol–water partition coefficient (Wildman–Crippen LogP) is 0.860. The molecule has 1 aliphatic rings. The van der Waals surface area contributed by atoms with Crippen molar-refractivity contribution in [1.82, 2.24) is 40.2 Å². The molecule has 3 aromatic heterocycles. The normalized spacial score (nSPS) is 13.8. The average Bonchev–Trinajstić information content (AvgIpc) is 3.44. The second kappa shape index (κ2) is 7.70. The molecule has 1 saturated heterocycles. The van der Waals surface area contributed by atoms with E-state index >= 15 is 0 Å². The Bertz CT molecular complexity index is 1140. The van der Waals surface area contributed by atoms with Crippen LogP contribution in [0, 0.1) is 5.92 Å². The number of carbonyl (C=O) groups excluding carboxylic acids is 1. The van der Waals surface area contributed by atoms with Crippen LogP contribution < -0.4 is 10.2 Å². The molecule has 5 rings (SSSR count). The van der Waals surface area contributed by atoms with E-state index in [2.05, 4.69) is 35.5 Å². The lowest BCUT2D eigenvalue weighted by Crippen LogP contribution is -2.54. The van der Waals surface area contributed by atoms with Gasteiger partial charge in [0.05, 0.1) is 12.5 Å². The summed E-state index contributed by atoms with van der Waals surface area (Å²) in [7, 11) is 0. The number of hydrogen-bond donors (Lipinski definition) is 1. The molecule has 30 heavy (non-hydrogen) atoms. The van der Waals surface area contributed by atoms with Crippen molar-refractivity contribution in [3.05, 3.63) is 61.3 Å². The van der Waals surface area contributed by atoms with Gasteiger partial charge in [0.2, 0.25) is 17.6 Å². The van der Waals surface area contributed by atoms with Crippen molar-refractivity contribution in [1.29, 1.82) is 0 Å². The van der Waals surface area contributed by atoms with Gasteiger partial charge in [0.25, 0.3) is 0 Å². The van der Waals surface area contributed by atoms with Gasteiger partial charge in [-0.25, -0.2) is 19.6 Å². The maximum atomic E-state index is 12.4. The fourth-order valence-electron chi connectivity index (χ4n) is 3.13. The van der Waals surface area contributed by atoms with Crippen molar-refractivity contribution < 1.29 is 9.32 Å². The maximum absolute atomic E-state index is 12.4. The van der Waals surface area contributed by atoms with E-state index in [1.807, 2.05) is 41.3 Å². The molecular weight excluding hydrogens is 386 g/mol. The van der Waals surface area contributed by atoms with Gasteiger partial charge in [0, 0.05) is 24.7 Å². The van der Waals surface area contributed by atoms with Crippen LogP contribution >= 0.6 is 0 Å². The molecule has 11 heteroatoms. The zero-order valence-electron chi connectivity index (χ0n) is 15.8. The first kappa shape index (κ1) is 17.9. The minimum Gasteiger partial charge on any atom is -0.355 e. The molecule has 0 bridgehead atoms. The van der Waals surface area contributed by atoms with Crippen molar-refractivity contribution in [3.8, 4) is 17.2 Å². The van der Waals surface area contributed by atoms with Gasteiger partial charge in [-0.15, -0.1) is 0 Å². The predicted molar refractivity (Wildman–Crippen MR) is 104 cm³/mol. The Hall–Kier alpha value is -4.15. The van der Waals surface area contributed by atoms with Gasteiger partial charge in [-0.3, -0.25) is 4.79 Å². The molecule has 0 aliphatic carbocycles. The number of rotatable bonds is 6. The van der Waals surface area contributed by atoms with Gasteiger partial charge >= 0.3 is 0 Å². The van der Waals surface area contributed by atoms with Gasteiger partial charge in [-0.2, -0.15) is 10.1 Å². The second-order valence-electron chi connectivity index (χ2n) is 6.77. The lowest BCUT2D eigenvalue weighted by Gasteiger charge is -2.38. The molecule has 4 aromatic rings. The Labute approximate surface area is 170 Å². The zero-order chi connectivity index (χ0) is 20.3. The molecule has 1 fully saturated rings. The van der Waals surface area contributed by atoms with E-state index in [9.17, 15) is 4.79 Å². The van der Waals surface area contributed by atoms with Gasteiger partial charge in [-0.1, -0.05) is 35.5 Å². The van der Waals surface area contributed by atoms with Crippen LogP contribution in [0.15, 0.2) is 59.9 Å². The molecule has 4 heterocycles. The summed E-state index contributed by atoms with van der Waals surface area (Å²) in [6, 6.07) is 11.3. The van der Waals surface area contributed by atoms with Gasteiger partial charge in [-0.05, 0) is 0 Å². The lowest BCUT2D eigenvalue weighted by atomic mass is 9.99. The molecule has 11 nitrogen and oxygen atoms in total. The Morgan fingerprint density at radius 2 is 1.97 bits per heavy atom. The quantitative estimate of drug-likeness (QED) is 0.498.